The average molecular weight is 275 g/mol. The first-order valence-electron chi connectivity index (χ1n) is 6.00. The van der Waals surface area contributed by atoms with Gasteiger partial charge >= 0.3 is 0 Å². The number of thiazole rings is 1. The van der Waals surface area contributed by atoms with Crippen molar-refractivity contribution in [3.8, 4) is 5.75 Å². The lowest BCUT2D eigenvalue weighted by Crippen LogP contribution is -2.31. The van der Waals surface area contributed by atoms with Gasteiger partial charge in [0.15, 0.2) is 5.13 Å². The zero-order chi connectivity index (χ0) is 13.2. The van der Waals surface area contributed by atoms with Crippen LogP contribution >= 0.6 is 11.3 Å². The molecule has 1 aliphatic rings. The number of carbonyl (C=O) groups is 1. The molecule has 19 heavy (non-hydrogen) atoms. The second-order valence-electron chi connectivity index (χ2n) is 4.20. The number of rotatable bonds is 1. The quantitative estimate of drug-likeness (QED) is 0.866. The maximum absolute atomic E-state index is 12.5. The monoisotopic (exact) mass is 275 g/mol. The van der Waals surface area contributed by atoms with Gasteiger partial charge in [0.1, 0.15) is 11.4 Å². The molecule has 2 aromatic rings. The number of hydrogen-bond acceptors (Lipinski definition) is 5. The summed E-state index contributed by atoms with van der Waals surface area (Å²) in [6.45, 7) is 1.23. The molecule has 0 aliphatic carbocycles. The molecule has 6 heteroatoms. The first kappa shape index (κ1) is 12.0. The Morgan fingerprint density at radius 1 is 1.42 bits per heavy atom. The smallest absolute Gasteiger partial charge is 0.277 e. The van der Waals surface area contributed by atoms with Crippen LogP contribution < -0.4 is 15.4 Å². The van der Waals surface area contributed by atoms with Gasteiger partial charge in [0.25, 0.3) is 5.91 Å². The van der Waals surface area contributed by atoms with E-state index in [1.54, 1.807) is 10.3 Å². The number of aromatic nitrogens is 1. The Morgan fingerprint density at radius 2 is 2.26 bits per heavy atom. The van der Waals surface area contributed by atoms with Crippen molar-refractivity contribution in [2.45, 2.75) is 6.42 Å². The van der Waals surface area contributed by atoms with Crippen LogP contribution in [0.25, 0.3) is 0 Å². The number of ether oxygens (including phenoxy) is 1. The van der Waals surface area contributed by atoms with Crippen molar-refractivity contribution >= 4 is 28.1 Å². The lowest BCUT2D eigenvalue weighted by molar-refractivity contribution is 0.0983. The number of anilines is 2. The predicted molar refractivity (Wildman–Crippen MR) is 74.8 cm³/mol. The summed E-state index contributed by atoms with van der Waals surface area (Å²) in [5, 5.41) is 2.09. The summed E-state index contributed by atoms with van der Waals surface area (Å²) in [7, 11) is 0. The average Bonchev–Trinajstić information content (AvgIpc) is 2.74. The SMILES string of the molecule is Nc1nc(C(=O)N2CCCOc3ccccc32)cs1. The molecule has 5 nitrogen and oxygen atoms in total. The molecule has 3 rings (SSSR count). The summed E-state index contributed by atoms with van der Waals surface area (Å²) in [6, 6.07) is 7.54. The number of hydrogen-bond donors (Lipinski definition) is 1. The Balaban J connectivity index is 1.98. The second-order valence-corrected chi connectivity index (χ2v) is 5.09. The molecular weight excluding hydrogens is 262 g/mol. The molecule has 0 fully saturated rings. The molecule has 0 atom stereocenters. The van der Waals surface area contributed by atoms with E-state index in [2.05, 4.69) is 4.98 Å². The Bertz CT molecular complexity index is 611. The fourth-order valence-corrected chi connectivity index (χ4v) is 2.60. The molecule has 1 aliphatic heterocycles. The van der Waals surface area contributed by atoms with E-state index in [9.17, 15) is 4.79 Å². The Kier molecular flexibility index (Phi) is 3.08. The molecule has 0 radical (unpaired) electrons. The van der Waals surface area contributed by atoms with Gasteiger partial charge in [-0.3, -0.25) is 4.79 Å². The molecule has 1 aromatic heterocycles. The molecular formula is C13H13N3O2S. The minimum Gasteiger partial charge on any atom is -0.491 e. The van der Waals surface area contributed by atoms with Crippen LogP contribution in [0.1, 0.15) is 16.9 Å². The van der Waals surface area contributed by atoms with Crippen molar-refractivity contribution in [2.24, 2.45) is 0 Å². The van der Waals surface area contributed by atoms with Crippen molar-refractivity contribution in [1.29, 1.82) is 0 Å². The first-order valence-corrected chi connectivity index (χ1v) is 6.88. The van der Waals surface area contributed by atoms with Gasteiger partial charge in [-0.25, -0.2) is 4.98 Å². The zero-order valence-electron chi connectivity index (χ0n) is 10.2. The number of nitrogens with zero attached hydrogens (tertiary/aromatic N) is 2. The molecule has 1 aromatic carbocycles. The molecule has 0 bridgehead atoms. The minimum atomic E-state index is -0.133. The highest BCUT2D eigenvalue weighted by atomic mass is 32.1. The van der Waals surface area contributed by atoms with Crippen LogP contribution in [-0.4, -0.2) is 24.0 Å². The summed E-state index contributed by atoms with van der Waals surface area (Å²) < 4.78 is 5.63. The van der Waals surface area contributed by atoms with Crippen LogP contribution in [0.15, 0.2) is 29.6 Å². The number of amides is 1. The number of para-hydroxylation sites is 2. The summed E-state index contributed by atoms with van der Waals surface area (Å²) in [5.74, 6) is 0.599. The van der Waals surface area contributed by atoms with Crippen molar-refractivity contribution < 1.29 is 9.53 Å². The highest BCUT2D eigenvalue weighted by Crippen LogP contribution is 2.31. The Labute approximate surface area is 114 Å². The lowest BCUT2D eigenvalue weighted by atomic mass is 10.2. The molecule has 98 valence electrons. The third kappa shape index (κ3) is 2.26. The van der Waals surface area contributed by atoms with Crippen LogP contribution in [0.5, 0.6) is 5.75 Å². The van der Waals surface area contributed by atoms with Gasteiger partial charge in [-0.1, -0.05) is 12.1 Å². The van der Waals surface area contributed by atoms with Gasteiger partial charge in [-0.15, -0.1) is 11.3 Å². The van der Waals surface area contributed by atoms with Crippen molar-refractivity contribution in [2.75, 3.05) is 23.8 Å². The molecule has 0 spiro atoms. The lowest BCUT2D eigenvalue weighted by Gasteiger charge is -2.20. The summed E-state index contributed by atoms with van der Waals surface area (Å²) >= 11 is 1.27. The number of nitrogen functional groups attached to an aromatic ring is 1. The van der Waals surface area contributed by atoms with Crippen molar-refractivity contribution in [3.63, 3.8) is 0 Å². The van der Waals surface area contributed by atoms with E-state index < -0.39 is 0 Å². The number of fused-ring (bicyclic) bond motifs is 1. The van der Waals surface area contributed by atoms with E-state index in [1.165, 1.54) is 11.3 Å². The maximum Gasteiger partial charge on any atom is 0.277 e. The fourth-order valence-electron chi connectivity index (χ4n) is 2.06. The summed E-state index contributed by atoms with van der Waals surface area (Å²) in [6.07, 6.45) is 0.792. The van der Waals surface area contributed by atoms with Gasteiger partial charge in [0.05, 0.1) is 12.3 Å². The highest BCUT2D eigenvalue weighted by Gasteiger charge is 2.24. The van der Waals surface area contributed by atoms with E-state index in [-0.39, 0.29) is 5.91 Å². The number of carbonyl (C=O) groups excluding carboxylic acids is 1. The third-order valence-electron chi connectivity index (χ3n) is 2.93. The van der Waals surface area contributed by atoms with Crippen LogP contribution in [0.3, 0.4) is 0 Å². The maximum atomic E-state index is 12.5. The van der Waals surface area contributed by atoms with E-state index in [0.717, 1.165) is 17.9 Å². The molecule has 0 saturated carbocycles. The van der Waals surface area contributed by atoms with E-state index in [4.69, 9.17) is 10.5 Å². The largest absolute Gasteiger partial charge is 0.491 e. The van der Waals surface area contributed by atoms with Crippen LogP contribution in [0.2, 0.25) is 0 Å². The van der Waals surface area contributed by atoms with Gasteiger partial charge < -0.3 is 15.4 Å². The normalized spacial score (nSPS) is 14.4. The van der Waals surface area contributed by atoms with E-state index in [1.807, 2.05) is 24.3 Å². The minimum absolute atomic E-state index is 0.133. The van der Waals surface area contributed by atoms with Gasteiger partial charge in [0, 0.05) is 11.9 Å². The van der Waals surface area contributed by atoms with Gasteiger partial charge in [0.2, 0.25) is 0 Å². The van der Waals surface area contributed by atoms with E-state index >= 15 is 0 Å². The highest BCUT2D eigenvalue weighted by molar-refractivity contribution is 7.13. The van der Waals surface area contributed by atoms with Crippen molar-refractivity contribution in [1.82, 2.24) is 4.98 Å². The summed E-state index contributed by atoms with van der Waals surface area (Å²) in [4.78, 5) is 18.2. The third-order valence-corrected chi connectivity index (χ3v) is 3.60. The van der Waals surface area contributed by atoms with Crippen molar-refractivity contribution in [3.05, 3.63) is 35.3 Å². The van der Waals surface area contributed by atoms with Gasteiger partial charge in [-0.2, -0.15) is 0 Å². The molecule has 0 unspecified atom stereocenters. The zero-order valence-corrected chi connectivity index (χ0v) is 11.0. The predicted octanol–water partition coefficient (Wildman–Crippen LogP) is 2.15. The van der Waals surface area contributed by atoms with Crippen LogP contribution in [0, 0.1) is 0 Å². The fraction of sp³-hybridized carbons (Fsp3) is 0.231. The van der Waals surface area contributed by atoms with Crippen LogP contribution in [-0.2, 0) is 0 Å². The molecule has 0 saturated heterocycles. The molecule has 1 amide bonds. The van der Waals surface area contributed by atoms with Gasteiger partial charge in [-0.05, 0) is 18.6 Å². The van der Waals surface area contributed by atoms with E-state index in [0.29, 0.717) is 24.0 Å². The Hall–Kier alpha value is -2.08. The second kappa shape index (κ2) is 4.89. The molecule has 2 N–H and O–H groups in total. The molecule has 2 heterocycles. The topological polar surface area (TPSA) is 68.5 Å². The first-order chi connectivity index (χ1) is 9.25. The van der Waals surface area contributed by atoms with Crippen LogP contribution in [0.4, 0.5) is 10.8 Å². The Morgan fingerprint density at radius 3 is 3.05 bits per heavy atom. The summed E-state index contributed by atoms with van der Waals surface area (Å²) in [5.41, 5.74) is 6.76. The standard InChI is InChI=1S/C13H13N3O2S/c14-13-15-9(8-19-13)12(17)16-6-3-7-18-11-5-2-1-4-10(11)16/h1-2,4-5,8H,3,6-7H2,(H2,14,15). The number of benzene rings is 1. The number of nitrogens with two attached hydrogens (primary N) is 1.